The standard InChI is InChI=1S/C29H39N3O10/c1-37-13-3-11-30-12-16-40-25-10-5-21(17-24(25)30)20-41-27-19-31(29(33)34)18-26(39-14-4-15-42-32(35)36)28(27)22-6-8-23(38-2)9-7-22/h5-10,17,26-28H,3-4,11-16,18-20H2,1-2H3,(H,33,34)/t26-,27+,28+/m1/s1. The number of nitrogens with zero attached hydrogens (tertiary/aromatic N) is 3. The van der Waals surface area contributed by atoms with Crippen molar-refractivity contribution < 1.29 is 43.5 Å². The number of rotatable bonds is 15. The fourth-order valence-electron chi connectivity index (χ4n) is 5.38. The van der Waals surface area contributed by atoms with Gasteiger partial charge in [-0.1, -0.05) is 18.2 Å². The first kappa shape index (κ1) is 31.1. The predicted molar refractivity (Wildman–Crippen MR) is 152 cm³/mol. The molecule has 4 rings (SSSR count). The molecule has 0 spiro atoms. The molecule has 3 atom stereocenters. The quantitative estimate of drug-likeness (QED) is 0.185. The maximum atomic E-state index is 12.1. The smallest absolute Gasteiger partial charge is 0.407 e. The number of carboxylic acid groups (broad SMARTS) is 1. The zero-order valence-electron chi connectivity index (χ0n) is 24.0. The number of amides is 1. The summed E-state index contributed by atoms with van der Waals surface area (Å²) in [5, 5.41) is 19.5. The van der Waals surface area contributed by atoms with Gasteiger partial charge in [-0.3, -0.25) is 0 Å². The van der Waals surface area contributed by atoms with Gasteiger partial charge in [-0.25, -0.2) is 4.79 Å². The molecule has 0 saturated carbocycles. The Morgan fingerprint density at radius 3 is 2.50 bits per heavy atom. The van der Waals surface area contributed by atoms with Gasteiger partial charge in [0.2, 0.25) is 0 Å². The fourth-order valence-corrected chi connectivity index (χ4v) is 5.38. The SMILES string of the molecule is COCCCN1CCOc2ccc(CO[C@H]3CN(C(=O)O)C[C@@H](OCCCO[N+](=O)[O-])[C@@H]3c3ccc(OC)cc3)cc21. The summed E-state index contributed by atoms with van der Waals surface area (Å²) >= 11 is 0. The number of carbonyl (C=O) groups is 1. The Kier molecular flexibility index (Phi) is 11.4. The first-order valence-corrected chi connectivity index (χ1v) is 14.0. The third kappa shape index (κ3) is 8.37. The van der Waals surface area contributed by atoms with Gasteiger partial charge in [-0.15, -0.1) is 10.1 Å². The Hall–Kier alpha value is -3.81. The summed E-state index contributed by atoms with van der Waals surface area (Å²) in [6.07, 6.45) is -0.957. The zero-order chi connectivity index (χ0) is 29.9. The molecule has 2 aromatic rings. The molecule has 0 aliphatic carbocycles. The van der Waals surface area contributed by atoms with Crippen LogP contribution in [0.3, 0.4) is 0 Å². The fraction of sp³-hybridized carbons (Fsp3) is 0.552. The van der Waals surface area contributed by atoms with E-state index in [0.29, 0.717) is 19.0 Å². The van der Waals surface area contributed by atoms with Crippen LogP contribution in [0.5, 0.6) is 11.5 Å². The molecule has 0 aromatic heterocycles. The van der Waals surface area contributed by atoms with E-state index in [1.807, 2.05) is 36.4 Å². The maximum absolute atomic E-state index is 12.1. The highest BCUT2D eigenvalue weighted by molar-refractivity contribution is 5.65. The molecule has 1 amide bonds. The highest BCUT2D eigenvalue weighted by Gasteiger charge is 2.41. The lowest BCUT2D eigenvalue weighted by Gasteiger charge is -2.42. The van der Waals surface area contributed by atoms with E-state index in [2.05, 4.69) is 15.8 Å². The molecule has 13 nitrogen and oxygen atoms in total. The van der Waals surface area contributed by atoms with Gasteiger partial charge < -0.3 is 43.4 Å². The van der Waals surface area contributed by atoms with Crippen LogP contribution in [0.25, 0.3) is 0 Å². The van der Waals surface area contributed by atoms with Crippen LogP contribution >= 0.6 is 0 Å². The minimum absolute atomic E-state index is 0.111. The Labute approximate surface area is 244 Å². The number of hydrogen-bond acceptors (Lipinski definition) is 10. The van der Waals surface area contributed by atoms with E-state index in [0.717, 1.165) is 42.1 Å². The van der Waals surface area contributed by atoms with Gasteiger partial charge >= 0.3 is 6.09 Å². The van der Waals surface area contributed by atoms with E-state index in [-0.39, 0.29) is 45.2 Å². The normalized spacial score (nSPS) is 20.0. The van der Waals surface area contributed by atoms with E-state index in [9.17, 15) is 20.0 Å². The minimum atomic E-state index is -1.07. The average Bonchev–Trinajstić information content (AvgIpc) is 2.99. The van der Waals surface area contributed by atoms with Gasteiger partial charge in [0, 0.05) is 32.8 Å². The molecule has 2 aliphatic heterocycles. The third-order valence-corrected chi connectivity index (χ3v) is 7.41. The Morgan fingerprint density at radius 1 is 1.05 bits per heavy atom. The Bertz CT molecular complexity index is 1160. The Balaban J connectivity index is 1.53. The Morgan fingerprint density at radius 2 is 1.81 bits per heavy atom. The van der Waals surface area contributed by atoms with Gasteiger partial charge in [0.25, 0.3) is 5.09 Å². The number of ether oxygens (including phenoxy) is 5. The van der Waals surface area contributed by atoms with Crippen molar-refractivity contribution in [2.45, 2.75) is 37.6 Å². The number of anilines is 1. The van der Waals surface area contributed by atoms with Crippen molar-refractivity contribution in [2.24, 2.45) is 0 Å². The number of methoxy groups -OCH3 is 2. The average molecular weight is 590 g/mol. The van der Waals surface area contributed by atoms with Crippen LogP contribution in [-0.4, -0.2) is 100 Å². The molecule has 1 fully saturated rings. The van der Waals surface area contributed by atoms with Crippen molar-refractivity contribution in [3.05, 3.63) is 63.7 Å². The molecular weight excluding hydrogens is 550 g/mol. The van der Waals surface area contributed by atoms with Crippen LogP contribution in [0.1, 0.15) is 29.9 Å². The highest BCUT2D eigenvalue weighted by atomic mass is 16.9. The molecule has 1 saturated heterocycles. The lowest BCUT2D eigenvalue weighted by Crippen LogP contribution is -2.54. The first-order valence-electron chi connectivity index (χ1n) is 14.0. The van der Waals surface area contributed by atoms with E-state index in [1.165, 1.54) is 4.90 Å². The number of fused-ring (bicyclic) bond motifs is 1. The topological polar surface area (TPSA) is 142 Å². The molecule has 2 heterocycles. The van der Waals surface area contributed by atoms with Crippen LogP contribution in [0.2, 0.25) is 0 Å². The van der Waals surface area contributed by atoms with Crippen molar-refractivity contribution in [3.63, 3.8) is 0 Å². The summed E-state index contributed by atoms with van der Waals surface area (Å²) in [5.74, 6) is 1.22. The summed E-state index contributed by atoms with van der Waals surface area (Å²) in [7, 11) is 3.28. The van der Waals surface area contributed by atoms with Crippen LogP contribution in [0.15, 0.2) is 42.5 Å². The van der Waals surface area contributed by atoms with E-state index < -0.39 is 23.4 Å². The highest BCUT2D eigenvalue weighted by Crippen LogP contribution is 2.36. The van der Waals surface area contributed by atoms with Gasteiger partial charge in [-0.05, 0) is 48.2 Å². The maximum Gasteiger partial charge on any atom is 0.407 e. The number of likely N-dealkylation sites (tertiary alicyclic amines) is 1. The van der Waals surface area contributed by atoms with Gasteiger partial charge in [0.05, 0.1) is 57.9 Å². The van der Waals surface area contributed by atoms with Crippen LogP contribution in [0, 0.1) is 10.1 Å². The molecule has 1 N–H and O–H groups in total. The molecule has 42 heavy (non-hydrogen) atoms. The first-order chi connectivity index (χ1) is 20.4. The van der Waals surface area contributed by atoms with E-state index in [1.54, 1.807) is 14.2 Å². The number of piperidine rings is 1. The predicted octanol–water partition coefficient (Wildman–Crippen LogP) is 3.58. The second-order valence-corrected chi connectivity index (χ2v) is 10.1. The van der Waals surface area contributed by atoms with E-state index >= 15 is 0 Å². The largest absolute Gasteiger partial charge is 0.497 e. The lowest BCUT2D eigenvalue weighted by atomic mass is 9.84. The van der Waals surface area contributed by atoms with Crippen LogP contribution in [-0.2, 0) is 25.7 Å². The molecular formula is C29H39N3O10. The molecule has 13 heteroatoms. The molecule has 0 bridgehead atoms. The van der Waals surface area contributed by atoms with E-state index in [4.69, 9.17) is 23.7 Å². The number of benzene rings is 2. The van der Waals surface area contributed by atoms with Crippen molar-refractivity contribution in [1.82, 2.24) is 4.90 Å². The van der Waals surface area contributed by atoms with Crippen molar-refractivity contribution in [1.29, 1.82) is 0 Å². The lowest BCUT2D eigenvalue weighted by molar-refractivity contribution is -0.757. The van der Waals surface area contributed by atoms with Crippen LogP contribution in [0.4, 0.5) is 10.5 Å². The second kappa shape index (κ2) is 15.4. The van der Waals surface area contributed by atoms with Crippen molar-refractivity contribution in [3.8, 4) is 11.5 Å². The van der Waals surface area contributed by atoms with Gasteiger partial charge in [0.15, 0.2) is 0 Å². The summed E-state index contributed by atoms with van der Waals surface area (Å²) in [4.78, 5) is 30.5. The summed E-state index contributed by atoms with van der Waals surface area (Å²) in [5.41, 5.74) is 2.85. The van der Waals surface area contributed by atoms with Crippen LogP contribution < -0.4 is 14.4 Å². The van der Waals surface area contributed by atoms with Gasteiger partial charge in [0.1, 0.15) is 18.1 Å². The monoisotopic (exact) mass is 589 g/mol. The minimum Gasteiger partial charge on any atom is -0.497 e. The molecule has 2 aromatic carbocycles. The summed E-state index contributed by atoms with van der Waals surface area (Å²) in [6, 6.07) is 13.5. The third-order valence-electron chi connectivity index (χ3n) is 7.41. The summed E-state index contributed by atoms with van der Waals surface area (Å²) in [6.45, 7) is 3.52. The van der Waals surface area contributed by atoms with Crippen molar-refractivity contribution >= 4 is 11.8 Å². The molecule has 0 unspecified atom stereocenters. The zero-order valence-corrected chi connectivity index (χ0v) is 24.0. The number of hydrogen-bond donors (Lipinski definition) is 1. The molecule has 0 radical (unpaired) electrons. The molecule has 2 aliphatic rings. The summed E-state index contributed by atoms with van der Waals surface area (Å²) < 4.78 is 29.0. The second-order valence-electron chi connectivity index (χ2n) is 10.1. The van der Waals surface area contributed by atoms with Crippen molar-refractivity contribution in [2.75, 3.05) is 71.7 Å². The van der Waals surface area contributed by atoms with Gasteiger partial charge in [-0.2, -0.15) is 0 Å². The molecule has 230 valence electrons.